The molecule has 5 rings (SSSR count). The summed E-state index contributed by atoms with van der Waals surface area (Å²) in [6.45, 7) is 2.98. The van der Waals surface area contributed by atoms with Crippen LogP contribution >= 0.6 is 0 Å². The molecular formula is C26H27N5O4. The second-order valence-electron chi connectivity index (χ2n) is 8.33. The van der Waals surface area contributed by atoms with Crippen LogP contribution in [0.2, 0.25) is 0 Å². The maximum atomic E-state index is 12.6. The lowest BCUT2D eigenvalue weighted by Gasteiger charge is -2.35. The summed E-state index contributed by atoms with van der Waals surface area (Å²) in [4.78, 5) is 33.5. The van der Waals surface area contributed by atoms with Crippen LogP contribution in [-0.2, 0) is 4.79 Å². The number of anilines is 2. The Morgan fingerprint density at radius 2 is 1.80 bits per heavy atom. The molecule has 1 aliphatic heterocycles. The lowest BCUT2D eigenvalue weighted by molar-refractivity contribution is -0.131. The van der Waals surface area contributed by atoms with Crippen molar-refractivity contribution in [1.29, 1.82) is 0 Å². The molecule has 1 saturated heterocycles. The van der Waals surface area contributed by atoms with Gasteiger partial charge in [-0.05, 0) is 24.3 Å². The molecule has 0 spiro atoms. The zero-order valence-electron chi connectivity index (χ0n) is 19.5. The third-order valence-corrected chi connectivity index (χ3v) is 6.18. The molecule has 2 N–H and O–H groups in total. The minimum atomic E-state index is -0.411. The summed E-state index contributed by atoms with van der Waals surface area (Å²) in [6, 6.07) is 16.8. The van der Waals surface area contributed by atoms with E-state index in [1.165, 1.54) is 0 Å². The molecule has 0 aliphatic carbocycles. The largest absolute Gasteiger partial charge is 0.495 e. The summed E-state index contributed by atoms with van der Waals surface area (Å²) in [5, 5.41) is 7.46. The zero-order chi connectivity index (χ0) is 24.2. The Labute approximate surface area is 202 Å². The number of para-hydroxylation sites is 1. The Hall–Kier alpha value is -4.27. The highest BCUT2D eigenvalue weighted by atomic mass is 16.5. The second-order valence-corrected chi connectivity index (χ2v) is 8.33. The number of carbonyl (C=O) groups is 2. The van der Waals surface area contributed by atoms with Crippen LogP contribution in [0, 0.1) is 0 Å². The van der Waals surface area contributed by atoms with E-state index in [9.17, 15) is 9.59 Å². The Kier molecular flexibility index (Phi) is 6.38. The number of pyridine rings is 1. The molecule has 2 aromatic heterocycles. The van der Waals surface area contributed by atoms with Gasteiger partial charge in [0.1, 0.15) is 22.7 Å². The fourth-order valence-electron chi connectivity index (χ4n) is 4.35. The van der Waals surface area contributed by atoms with Crippen LogP contribution in [0.15, 0.2) is 65.2 Å². The van der Waals surface area contributed by atoms with Crippen molar-refractivity contribution in [2.45, 2.75) is 6.42 Å². The van der Waals surface area contributed by atoms with Crippen LogP contribution in [-0.4, -0.2) is 61.7 Å². The van der Waals surface area contributed by atoms with Gasteiger partial charge in [0.15, 0.2) is 0 Å². The molecular weight excluding hydrogens is 446 g/mol. The first-order valence-corrected chi connectivity index (χ1v) is 11.6. The standard InChI is InChI=1S/C26H27N5O4/c1-34-23-16-19-18-6-2-3-7-21(18)35-22(19)17-20(23)29-26(33)28-11-9-25(32)31-14-12-30(13-15-31)24-8-4-5-10-27-24/h2-8,10,16-17H,9,11-15H2,1H3,(H2,28,29,33). The first-order chi connectivity index (χ1) is 17.1. The van der Waals surface area contributed by atoms with Crippen molar-refractivity contribution in [3.8, 4) is 5.75 Å². The van der Waals surface area contributed by atoms with Gasteiger partial charge in [0.2, 0.25) is 5.91 Å². The average molecular weight is 474 g/mol. The van der Waals surface area contributed by atoms with Crippen molar-refractivity contribution in [1.82, 2.24) is 15.2 Å². The second kappa shape index (κ2) is 9.92. The highest BCUT2D eigenvalue weighted by Gasteiger charge is 2.21. The average Bonchev–Trinajstić information content (AvgIpc) is 3.26. The molecule has 0 unspecified atom stereocenters. The quantitative estimate of drug-likeness (QED) is 0.441. The number of hydrogen-bond donors (Lipinski definition) is 2. The number of benzene rings is 2. The number of methoxy groups -OCH3 is 1. The van der Waals surface area contributed by atoms with Crippen LogP contribution in [0.3, 0.4) is 0 Å². The van der Waals surface area contributed by atoms with Gasteiger partial charge in [0.05, 0.1) is 12.8 Å². The molecule has 9 nitrogen and oxygen atoms in total. The summed E-state index contributed by atoms with van der Waals surface area (Å²) in [5.41, 5.74) is 1.92. The number of hydrogen-bond acceptors (Lipinski definition) is 6. The number of carbonyl (C=O) groups excluding carboxylic acids is 2. The number of furan rings is 1. The van der Waals surface area contributed by atoms with Gasteiger partial charge in [0.25, 0.3) is 0 Å². The van der Waals surface area contributed by atoms with Crippen molar-refractivity contribution in [3.05, 3.63) is 60.8 Å². The van der Waals surface area contributed by atoms with Gasteiger partial charge in [0, 0.05) is 62.2 Å². The molecule has 1 fully saturated rings. The van der Waals surface area contributed by atoms with E-state index in [0.29, 0.717) is 30.1 Å². The van der Waals surface area contributed by atoms with Crippen molar-refractivity contribution in [2.75, 3.05) is 50.1 Å². The third-order valence-electron chi connectivity index (χ3n) is 6.18. The lowest BCUT2D eigenvalue weighted by Crippen LogP contribution is -2.49. The predicted octanol–water partition coefficient (Wildman–Crippen LogP) is 3.85. The van der Waals surface area contributed by atoms with Gasteiger partial charge >= 0.3 is 6.03 Å². The van der Waals surface area contributed by atoms with Gasteiger partial charge in [-0.3, -0.25) is 4.79 Å². The van der Waals surface area contributed by atoms with Crippen LogP contribution in [0.25, 0.3) is 21.9 Å². The number of nitrogens with one attached hydrogen (secondary N) is 2. The fourth-order valence-corrected chi connectivity index (χ4v) is 4.35. The Bertz CT molecular complexity index is 1350. The molecule has 3 amide bonds. The molecule has 4 aromatic rings. The number of nitrogens with zero attached hydrogens (tertiary/aromatic N) is 3. The van der Waals surface area contributed by atoms with E-state index in [0.717, 1.165) is 35.3 Å². The number of aromatic nitrogens is 1. The topological polar surface area (TPSA) is 99.9 Å². The molecule has 35 heavy (non-hydrogen) atoms. The van der Waals surface area contributed by atoms with Gasteiger partial charge in [-0.2, -0.15) is 0 Å². The minimum Gasteiger partial charge on any atom is -0.495 e. The maximum absolute atomic E-state index is 12.6. The van der Waals surface area contributed by atoms with E-state index in [2.05, 4.69) is 20.5 Å². The number of rotatable bonds is 6. The van der Waals surface area contributed by atoms with E-state index in [1.54, 1.807) is 19.4 Å². The summed E-state index contributed by atoms with van der Waals surface area (Å²) in [5.74, 6) is 1.47. The number of urea groups is 1. The minimum absolute atomic E-state index is 0.0206. The van der Waals surface area contributed by atoms with E-state index in [4.69, 9.17) is 9.15 Å². The van der Waals surface area contributed by atoms with Gasteiger partial charge in [-0.1, -0.05) is 24.3 Å². The molecule has 9 heteroatoms. The summed E-state index contributed by atoms with van der Waals surface area (Å²) < 4.78 is 11.4. The smallest absolute Gasteiger partial charge is 0.319 e. The predicted molar refractivity (Wildman–Crippen MR) is 135 cm³/mol. The van der Waals surface area contributed by atoms with Gasteiger partial charge < -0.3 is 29.6 Å². The summed E-state index contributed by atoms with van der Waals surface area (Å²) in [7, 11) is 1.55. The maximum Gasteiger partial charge on any atom is 0.319 e. The molecule has 0 bridgehead atoms. The van der Waals surface area contributed by atoms with Crippen molar-refractivity contribution >= 4 is 45.4 Å². The summed E-state index contributed by atoms with van der Waals surface area (Å²) in [6.07, 6.45) is 2.00. The van der Waals surface area contributed by atoms with Gasteiger partial charge in [-0.15, -0.1) is 0 Å². The first-order valence-electron chi connectivity index (χ1n) is 11.6. The molecule has 0 radical (unpaired) electrons. The molecule has 180 valence electrons. The van der Waals surface area contributed by atoms with Crippen molar-refractivity contribution in [2.24, 2.45) is 0 Å². The highest BCUT2D eigenvalue weighted by molar-refractivity contribution is 6.07. The lowest BCUT2D eigenvalue weighted by atomic mass is 10.1. The number of piperazine rings is 1. The summed E-state index contributed by atoms with van der Waals surface area (Å²) >= 11 is 0. The Morgan fingerprint density at radius 1 is 1.00 bits per heavy atom. The number of amides is 3. The third kappa shape index (κ3) is 4.84. The highest BCUT2D eigenvalue weighted by Crippen LogP contribution is 2.36. The SMILES string of the molecule is COc1cc2c(cc1NC(=O)NCCC(=O)N1CCN(c3ccccn3)CC1)oc1ccccc12. The first kappa shape index (κ1) is 22.5. The fraction of sp³-hybridized carbons (Fsp3) is 0.269. The number of ether oxygens (including phenoxy) is 1. The molecule has 0 saturated carbocycles. The molecule has 2 aromatic carbocycles. The van der Waals surface area contributed by atoms with Crippen molar-refractivity contribution in [3.63, 3.8) is 0 Å². The van der Waals surface area contributed by atoms with E-state index in [1.807, 2.05) is 53.4 Å². The molecule has 3 heterocycles. The van der Waals surface area contributed by atoms with E-state index >= 15 is 0 Å². The molecule has 1 aliphatic rings. The molecule has 0 atom stereocenters. The zero-order valence-corrected chi connectivity index (χ0v) is 19.5. The van der Waals surface area contributed by atoms with E-state index < -0.39 is 6.03 Å². The van der Waals surface area contributed by atoms with E-state index in [-0.39, 0.29) is 18.9 Å². The normalized spacial score (nSPS) is 13.7. The van der Waals surface area contributed by atoms with Crippen LogP contribution in [0.5, 0.6) is 5.75 Å². The van der Waals surface area contributed by atoms with Crippen molar-refractivity contribution < 1.29 is 18.7 Å². The number of fused-ring (bicyclic) bond motifs is 3. The van der Waals surface area contributed by atoms with Crippen LogP contribution in [0.4, 0.5) is 16.3 Å². The van der Waals surface area contributed by atoms with Crippen LogP contribution in [0.1, 0.15) is 6.42 Å². The monoisotopic (exact) mass is 473 g/mol. The van der Waals surface area contributed by atoms with Gasteiger partial charge in [-0.25, -0.2) is 9.78 Å². The Balaban J connectivity index is 1.13. The Morgan fingerprint density at radius 3 is 2.57 bits per heavy atom. The van der Waals surface area contributed by atoms with Crippen LogP contribution < -0.4 is 20.3 Å².